The zero-order valence-corrected chi connectivity index (χ0v) is 15.7. The molecule has 144 valence electrons. The lowest BCUT2D eigenvalue weighted by atomic mass is 9.95. The highest BCUT2D eigenvalue weighted by Gasteiger charge is 2.32. The van der Waals surface area contributed by atoms with E-state index >= 15 is 0 Å². The Morgan fingerprint density at radius 2 is 1.74 bits per heavy atom. The third kappa shape index (κ3) is 3.39. The first-order valence-electron chi connectivity index (χ1n) is 9.40. The standard InChI is InChI=1S/C18H24N6O3/c1-12-11-13(2)24-15(20-21-18(24)19-12)17(26)22-5-3-14(4-6-22)16(25)23-7-9-27-10-8-23/h11,14H,3-10H2,1-2H3. The van der Waals surface area contributed by atoms with Gasteiger partial charge < -0.3 is 14.5 Å². The molecule has 0 unspecified atom stereocenters. The number of ether oxygens (including phenoxy) is 1. The molecule has 2 amide bonds. The Balaban J connectivity index is 1.44. The van der Waals surface area contributed by atoms with E-state index in [4.69, 9.17) is 4.74 Å². The number of fused-ring (bicyclic) bond motifs is 1. The van der Waals surface area contributed by atoms with E-state index in [0.717, 1.165) is 11.4 Å². The van der Waals surface area contributed by atoms with Gasteiger partial charge in [-0.25, -0.2) is 4.98 Å². The van der Waals surface area contributed by atoms with E-state index in [1.807, 2.05) is 24.8 Å². The average Bonchev–Trinajstić information content (AvgIpc) is 3.12. The van der Waals surface area contributed by atoms with E-state index in [2.05, 4.69) is 15.2 Å². The van der Waals surface area contributed by atoms with Crippen LogP contribution in [0.4, 0.5) is 0 Å². The molecular formula is C18H24N6O3. The molecule has 0 bridgehead atoms. The van der Waals surface area contributed by atoms with Gasteiger partial charge in [-0.2, -0.15) is 0 Å². The number of hydrogen-bond acceptors (Lipinski definition) is 6. The summed E-state index contributed by atoms with van der Waals surface area (Å²) < 4.78 is 7.01. The van der Waals surface area contributed by atoms with Gasteiger partial charge in [0.15, 0.2) is 0 Å². The van der Waals surface area contributed by atoms with Gasteiger partial charge in [-0.1, -0.05) is 0 Å². The topological polar surface area (TPSA) is 92.9 Å². The monoisotopic (exact) mass is 372 g/mol. The first-order valence-corrected chi connectivity index (χ1v) is 9.40. The van der Waals surface area contributed by atoms with Gasteiger partial charge >= 0.3 is 0 Å². The van der Waals surface area contributed by atoms with E-state index in [1.165, 1.54) is 0 Å². The fourth-order valence-electron chi connectivity index (χ4n) is 3.88. The van der Waals surface area contributed by atoms with E-state index < -0.39 is 0 Å². The molecule has 0 spiro atoms. The molecule has 2 aromatic heterocycles. The van der Waals surface area contributed by atoms with Crippen LogP contribution in [0.5, 0.6) is 0 Å². The molecule has 2 saturated heterocycles. The van der Waals surface area contributed by atoms with E-state index in [9.17, 15) is 9.59 Å². The Bertz CT molecular complexity index is 865. The fourth-order valence-corrected chi connectivity index (χ4v) is 3.88. The van der Waals surface area contributed by atoms with Crippen molar-refractivity contribution in [3.05, 3.63) is 23.3 Å². The zero-order chi connectivity index (χ0) is 19.0. The van der Waals surface area contributed by atoms with Crippen LogP contribution in [-0.4, -0.2) is 80.6 Å². The first-order chi connectivity index (χ1) is 13.0. The van der Waals surface area contributed by atoms with Gasteiger partial charge in [-0.3, -0.25) is 14.0 Å². The SMILES string of the molecule is Cc1cc(C)n2c(C(=O)N3CCC(C(=O)N4CCOCC4)CC3)nnc2n1. The summed E-state index contributed by atoms with van der Waals surface area (Å²) in [5.74, 6) is 0.733. The molecule has 4 heterocycles. The number of carbonyl (C=O) groups excluding carboxylic acids is 2. The van der Waals surface area contributed by atoms with Crippen molar-refractivity contribution in [2.45, 2.75) is 26.7 Å². The predicted octanol–water partition coefficient (Wildman–Crippen LogP) is 0.452. The third-order valence-electron chi connectivity index (χ3n) is 5.34. The molecular weight excluding hydrogens is 348 g/mol. The largest absolute Gasteiger partial charge is 0.378 e. The molecule has 2 aliphatic heterocycles. The number of amides is 2. The number of hydrogen-bond donors (Lipinski definition) is 0. The minimum Gasteiger partial charge on any atom is -0.378 e. The second kappa shape index (κ2) is 7.22. The first kappa shape index (κ1) is 17.8. The van der Waals surface area contributed by atoms with Crippen molar-refractivity contribution < 1.29 is 14.3 Å². The van der Waals surface area contributed by atoms with Crippen LogP contribution >= 0.6 is 0 Å². The molecule has 0 aliphatic carbocycles. The second-order valence-electron chi connectivity index (χ2n) is 7.20. The summed E-state index contributed by atoms with van der Waals surface area (Å²) in [6.45, 7) is 7.44. The van der Waals surface area contributed by atoms with Gasteiger partial charge in [0.05, 0.1) is 13.2 Å². The normalized spacial score (nSPS) is 18.9. The Labute approximate surface area is 157 Å². The summed E-state index contributed by atoms with van der Waals surface area (Å²) in [7, 11) is 0. The maximum absolute atomic E-state index is 13.0. The quantitative estimate of drug-likeness (QED) is 0.760. The molecule has 2 aromatic rings. The van der Waals surface area contributed by atoms with Crippen molar-refractivity contribution in [1.82, 2.24) is 29.4 Å². The molecule has 2 aliphatic rings. The number of nitrogens with zero attached hydrogens (tertiary/aromatic N) is 6. The summed E-state index contributed by atoms with van der Waals surface area (Å²) in [5.41, 5.74) is 1.72. The van der Waals surface area contributed by atoms with Crippen molar-refractivity contribution in [2.24, 2.45) is 5.92 Å². The van der Waals surface area contributed by atoms with Gasteiger partial charge in [-0.15, -0.1) is 10.2 Å². The van der Waals surface area contributed by atoms with Crippen LogP contribution < -0.4 is 0 Å². The third-order valence-corrected chi connectivity index (χ3v) is 5.34. The van der Waals surface area contributed by atoms with Gasteiger partial charge in [0.25, 0.3) is 11.7 Å². The summed E-state index contributed by atoms with van der Waals surface area (Å²) in [5, 5.41) is 8.11. The predicted molar refractivity (Wildman–Crippen MR) is 96.3 cm³/mol. The molecule has 9 nitrogen and oxygen atoms in total. The van der Waals surface area contributed by atoms with Gasteiger partial charge in [0.1, 0.15) is 0 Å². The Morgan fingerprint density at radius 1 is 1.04 bits per heavy atom. The molecule has 0 radical (unpaired) electrons. The maximum atomic E-state index is 13.0. The van der Waals surface area contributed by atoms with Crippen LogP contribution in [0.1, 0.15) is 34.8 Å². The van der Waals surface area contributed by atoms with Crippen LogP contribution in [0.25, 0.3) is 5.78 Å². The molecule has 0 N–H and O–H groups in total. The van der Waals surface area contributed by atoms with Gasteiger partial charge in [0.2, 0.25) is 11.7 Å². The molecule has 2 fully saturated rings. The number of rotatable bonds is 2. The highest BCUT2D eigenvalue weighted by atomic mass is 16.5. The number of morpholine rings is 1. The summed E-state index contributed by atoms with van der Waals surface area (Å²) in [4.78, 5) is 33.6. The van der Waals surface area contributed by atoms with Gasteiger partial charge in [-0.05, 0) is 32.8 Å². The maximum Gasteiger partial charge on any atom is 0.292 e. The van der Waals surface area contributed by atoms with Crippen LogP contribution in [0, 0.1) is 19.8 Å². The summed E-state index contributed by atoms with van der Waals surface area (Å²) in [6.07, 6.45) is 1.35. The van der Waals surface area contributed by atoms with E-state index in [-0.39, 0.29) is 23.6 Å². The molecule has 27 heavy (non-hydrogen) atoms. The van der Waals surface area contributed by atoms with Crippen molar-refractivity contribution in [1.29, 1.82) is 0 Å². The lowest BCUT2D eigenvalue weighted by molar-refractivity contribution is -0.141. The minimum absolute atomic E-state index is 0.0200. The lowest BCUT2D eigenvalue weighted by Crippen LogP contribution is -2.47. The van der Waals surface area contributed by atoms with Crippen molar-refractivity contribution >= 4 is 17.6 Å². The summed E-state index contributed by atoms with van der Waals surface area (Å²) >= 11 is 0. The number of aryl methyl sites for hydroxylation is 2. The second-order valence-corrected chi connectivity index (χ2v) is 7.20. The molecule has 0 aromatic carbocycles. The smallest absolute Gasteiger partial charge is 0.292 e. The molecule has 0 saturated carbocycles. The van der Waals surface area contributed by atoms with Crippen LogP contribution in [0.15, 0.2) is 6.07 Å². The number of piperidine rings is 1. The van der Waals surface area contributed by atoms with Crippen LogP contribution in [-0.2, 0) is 9.53 Å². The Hall–Kier alpha value is -2.55. The fraction of sp³-hybridized carbons (Fsp3) is 0.611. The van der Waals surface area contributed by atoms with Crippen molar-refractivity contribution in [3.8, 4) is 0 Å². The van der Waals surface area contributed by atoms with Crippen molar-refractivity contribution in [3.63, 3.8) is 0 Å². The Morgan fingerprint density at radius 3 is 2.44 bits per heavy atom. The van der Waals surface area contributed by atoms with Gasteiger partial charge in [0, 0.05) is 43.5 Å². The zero-order valence-electron chi connectivity index (χ0n) is 15.7. The van der Waals surface area contributed by atoms with E-state index in [0.29, 0.717) is 58.0 Å². The summed E-state index contributed by atoms with van der Waals surface area (Å²) in [6, 6.07) is 1.90. The average molecular weight is 372 g/mol. The molecule has 9 heteroatoms. The highest BCUT2D eigenvalue weighted by Crippen LogP contribution is 2.22. The Kier molecular flexibility index (Phi) is 4.77. The lowest BCUT2D eigenvalue weighted by Gasteiger charge is -2.35. The highest BCUT2D eigenvalue weighted by molar-refractivity contribution is 5.91. The van der Waals surface area contributed by atoms with Crippen LogP contribution in [0.2, 0.25) is 0 Å². The van der Waals surface area contributed by atoms with Crippen molar-refractivity contribution in [2.75, 3.05) is 39.4 Å². The van der Waals surface area contributed by atoms with E-state index in [1.54, 1.807) is 9.30 Å². The number of likely N-dealkylation sites (tertiary alicyclic amines) is 1. The molecule has 0 atom stereocenters. The number of aromatic nitrogens is 4. The molecule has 4 rings (SSSR count). The number of carbonyl (C=O) groups is 2. The minimum atomic E-state index is -0.159. The van der Waals surface area contributed by atoms with Crippen LogP contribution in [0.3, 0.4) is 0 Å².